The highest BCUT2D eigenvalue weighted by Gasteiger charge is 2.09. The Balaban J connectivity index is 1.87. The maximum absolute atomic E-state index is 13.0. The van der Waals surface area contributed by atoms with Gasteiger partial charge in [-0.25, -0.2) is 13.9 Å². The third kappa shape index (κ3) is 2.40. The molecule has 0 saturated carbocycles. The van der Waals surface area contributed by atoms with Crippen molar-refractivity contribution >= 4 is 5.65 Å². The average molecular weight is 306 g/mol. The van der Waals surface area contributed by atoms with Gasteiger partial charge in [-0.3, -0.25) is 14.9 Å². The molecule has 23 heavy (non-hydrogen) atoms. The maximum atomic E-state index is 13.0. The summed E-state index contributed by atoms with van der Waals surface area (Å²) >= 11 is 0. The van der Waals surface area contributed by atoms with E-state index in [1.54, 1.807) is 42.7 Å². The quantitative estimate of drug-likeness (QED) is 0.619. The third-order valence-electron chi connectivity index (χ3n) is 3.58. The van der Waals surface area contributed by atoms with E-state index >= 15 is 0 Å². The normalized spacial score (nSPS) is 11.0. The Morgan fingerprint density at radius 3 is 2.43 bits per heavy atom. The summed E-state index contributed by atoms with van der Waals surface area (Å²) < 4.78 is 14.4. The zero-order valence-electron chi connectivity index (χ0n) is 11.9. The van der Waals surface area contributed by atoms with Crippen LogP contribution in [0, 0.1) is 5.82 Å². The number of H-pyrrole nitrogens is 1. The Kier molecular flexibility index (Phi) is 3.01. The standard InChI is InChI=1S/C17H11FN4O/c18-13-3-1-11(2-4-13)15-9-16-20-14(10-17(23)22(16)21-15)12-5-7-19-8-6-12/h1-10,21H. The summed E-state index contributed by atoms with van der Waals surface area (Å²) in [6.07, 6.45) is 3.31. The van der Waals surface area contributed by atoms with Crippen molar-refractivity contribution in [3.8, 4) is 22.5 Å². The predicted molar refractivity (Wildman–Crippen MR) is 84.4 cm³/mol. The van der Waals surface area contributed by atoms with Crippen LogP contribution in [-0.2, 0) is 0 Å². The van der Waals surface area contributed by atoms with Crippen molar-refractivity contribution < 1.29 is 4.39 Å². The zero-order chi connectivity index (χ0) is 15.8. The molecular weight excluding hydrogens is 295 g/mol. The van der Waals surface area contributed by atoms with Gasteiger partial charge in [-0.15, -0.1) is 0 Å². The SMILES string of the molecule is O=c1cc(-c2ccncc2)nc2cc(-c3ccc(F)cc3)[nH]n12. The Labute approximate surface area is 130 Å². The van der Waals surface area contributed by atoms with Gasteiger partial charge in [0.1, 0.15) is 5.82 Å². The molecule has 0 amide bonds. The summed E-state index contributed by atoms with van der Waals surface area (Å²) in [5.74, 6) is -0.305. The Morgan fingerprint density at radius 1 is 0.957 bits per heavy atom. The van der Waals surface area contributed by atoms with Gasteiger partial charge >= 0.3 is 0 Å². The fraction of sp³-hybridized carbons (Fsp3) is 0. The molecular formula is C17H11FN4O. The van der Waals surface area contributed by atoms with Crippen molar-refractivity contribution in [2.75, 3.05) is 0 Å². The monoisotopic (exact) mass is 306 g/mol. The van der Waals surface area contributed by atoms with Crippen molar-refractivity contribution in [1.82, 2.24) is 19.6 Å². The van der Waals surface area contributed by atoms with E-state index in [1.807, 2.05) is 0 Å². The molecule has 0 bridgehead atoms. The third-order valence-corrected chi connectivity index (χ3v) is 3.58. The largest absolute Gasteiger partial charge is 0.289 e. The first-order valence-corrected chi connectivity index (χ1v) is 7.00. The lowest BCUT2D eigenvalue weighted by molar-refractivity contribution is 0.628. The minimum absolute atomic E-state index is 0.213. The number of aromatic nitrogens is 4. The molecule has 3 heterocycles. The van der Waals surface area contributed by atoms with Gasteiger partial charge in [0.15, 0.2) is 5.65 Å². The van der Waals surface area contributed by atoms with Crippen molar-refractivity contribution in [3.63, 3.8) is 0 Å². The van der Waals surface area contributed by atoms with E-state index in [0.717, 1.165) is 11.1 Å². The van der Waals surface area contributed by atoms with Crippen molar-refractivity contribution in [2.24, 2.45) is 0 Å². The Hall–Kier alpha value is -3.28. The van der Waals surface area contributed by atoms with Gasteiger partial charge in [0, 0.05) is 30.1 Å². The molecule has 0 aliphatic carbocycles. The van der Waals surface area contributed by atoms with Gasteiger partial charge in [0.2, 0.25) is 0 Å². The molecule has 6 heteroatoms. The Morgan fingerprint density at radius 2 is 1.70 bits per heavy atom. The minimum Gasteiger partial charge on any atom is -0.289 e. The van der Waals surface area contributed by atoms with E-state index in [0.29, 0.717) is 17.0 Å². The average Bonchev–Trinajstić information content (AvgIpc) is 3.01. The number of aromatic amines is 1. The fourth-order valence-electron chi connectivity index (χ4n) is 2.44. The van der Waals surface area contributed by atoms with Gasteiger partial charge in [-0.2, -0.15) is 0 Å². The first-order chi connectivity index (χ1) is 11.2. The van der Waals surface area contributed by atoms with Crippen LogP contribution in [0.1, 0.15) is 0 Å². The topological polar surface area (TPSA) is 63.0 Å². The van der Waals surface area contributed by atoms with E-state index in [-0.39, 0.29) is 11.4 Å². The molecule has 112 valence electrons. The molecule has 0 unspecified atom stereocenters. The van der Waals surface area contributed by atoms with Gasteiger partial charge < -0.3 is 0 Å². The molecule has 1 N–H and O–H groups in total. The molecule has 0 aliphatic rings. The maximum Gasteiger partial charge on any atom is 0.273 e. The van der Waals surface area contributed by atoms with Crippen LogP contribution in [0.15, 0.2) is 65.7 Å². The van der Waals surface area contributed by atoms with Crippen LogP contribution < -0.4 is 5.56 Å². The minimum atomic E-state index is -0.305. The van der Waals surface area contributed by atoms with E-state index in [9.17, 15) is 9.18 Å². The summed E-state index contributed by atoms with van der Waals surface area (Å²) in [6, 6.07) is 12.9. The first kappa shape index (κ1) is 13.4. The van der Waals surface area contributed by atoms with Crippen molar-refractivity contribution in [3.05, 3.63) is 77.1 Å². The lowest BCUT2D eigenvalue weighted by Gasteiger charge is -2.00. The smallest absolute Gasteiger partial charge is 0.273 e. The summed E-state index contributed by atoms with van der Waals surface area (Å²) in [5.41, 5.74) is 3.17. The molecule has 0 fully saturated rings. The number of halogens is 1. The molecule has 0 aliphatic heterocycles. The van der Waals surface area contributed by atoms with Gasteiger partial charge in [-0.1, -0.05) is 0 Å². The van der Waals surface area contributed by atoms with E-state index < -0.39 is 0 Å². The molecule has 0 spiro atoms. The lowest BCUT2D eigenvalue weighted by Crippen LogP contribution is -2.14. The number of rotatable bonds is 2. The second-order valence-electron chi connectivity index (χ2n) is 5.09. The zero-order valence-corrected chi connectivity index (χ0v) is 11.9. The van der Waals surface area contributed by atoms with Crippen LogP contribution in [0.25, 0.3) is 28.2 Å². The van der Waals surface area contributed by atoms with Crippen LogP contribution in [0.2, 0.25) is 0 Å². The highest BCUT2D eigenvalue weighted by molar-refractivity contribution is 5.66. The summed E-state index contributed by atoms with van der Waals surface area (Å²) in [6.45, 7) is 0. The number of fused-ring (bicyclic) bond motifs is 1. The lowest BCUT2D eigenvalue weighted by atomic mass is 10.1. The second kappa shape index (κ2) is 5.17. The Bertz CT molecular complexity index is 1040. The summed E-state index contributed by atoms with van der Waals surface area (Å²) in [7, 11) is 0. The number of pyridine rings is 1. The number of hydrogen-bond acceptors (Lipinski definition) is 3. The van der Waals surface area contributed by atoms with Crippen LogP contribution in [0.3, 0.4) is 0 Å². The van der Waals surface area contributed by atoms with Gasteiger partial charge in [0.25, 0.3) is 5.56 Å². The molecule has 4 rings (SSSR count). The molecule has 0 saturated heterocycles. The van der Waals surface area contributed by atoms with Crippen LogP contribution in [0.4, 0.5) is 4.39 Å². The number of nitrogens with zero attached hydrogens (tertiary/aromatic N) is 3. The van der Waals surface area contributed by atoms with E-state index in [1.165, 1.54) is 22.7 Å². The molecule has 0 radical (unpaired) electrons. The molecule has 1 aromatic carbocycles. The van der Waals surface area contributed by atoms with Crippen LogP contribution in [0.5, 0.6) is 0 Å². The van der Waals surface area contributed by atoms with Crippen molar-refractivity contribution in [2.45, 2.75) is 0 Å². The highest BCUT2D eigenvalue weighted by Crippen LogP contribution is 2.20. The fourth-order valence-corrected chi connectivity index (χ4v) is 2.44. The predicted octanol–water partition coefficient (Wildman–Crippen LogP) is 2.89. The van der Waals surface area contributed by atoms with Crippen molar-refractivity contribution in [1.29, 1.82) is 0 Å². The molecule has 5 nitrogen and oxygen atoms in total. The second-order valence-corrected chi connectivity index (χ2v) is 5.09. The molecule has 0 atom stereocenters. The van der Waals surface area contributed by atoms with Gasteiger partial charge in [0.05, 0.1) is 11.4 Å². The first-order valence-electron chi connectivity index (χ1n) is 7.00. The highest BCUT2D eigenvalue weighted by atomic mass is 19.1. The summed E-state index contributed by atoms with van der Waals surface area (Å²) in [4.78, 5) is 20.7. The molecule has 4 aromatic rings. The number of benzene rings is 1. The van der Waals surface area contributed by atoms with Gasteiger partial charge in [-0.05, 0) is 42.0 Å². The van der Waals surface area contributed by atoms with E-state index in [4.69, 9.17) is 0 Å². The van der Waals surface area contributed by atoms with Crippen LogP contribution in [-0.4, -0.2) is 19.6 Å². The van der Waals surface area contributed by atoms with E-state index in [2.05, 4.69) is 15.1 Å². The van der Waals surface area contributed by atoms with Crippen LogP contribution >= 0.6 is 0 Å². The summed E-state index contributed by atoms with van der Waals surface area (Å²) in [5, 5.41) is 2.99. The number of nitrogens with one attached hydrogen (secondary N) is 1. The molecule has 3 aromatic heterocycles. The number of hydrogen-bond donors (Lipinski definition) is 1.